The number of likely N-dealkylation sites (tertiary alicyclic amines) is 1. The van der Waals surface area contributed by atoms with Crippen LogP contribution in [0.25, 0.3) is 0 Å². The van der Waals surface area contributed by atoms with Gasteiger partial charge in [0.05, 0.1) is 12.2 Å². The molecule has 2 aromatic rings. The van der Waals surface area contributed by atoms with Gasteiger partial charge in [0.15, 0.2) is 0 Å². The minimum atomic E-state index is -0.888. The van der Waals surface area contributed by atoms with E-state index in [9.17, 15) is 5.11 Å². The first kappa shape index (κ1) is 23.8. The van der Waals surface area contributed by atoms with E-state index in [1.807, 2.05) is 19.1 Å². The normalized spacial score (nSPS) is 17.4. The predicted octanol–water partition coefficient (Wildman–Crippen LogP) is 6.51. The molecule has 31 heavy (non-hydrogen) atoms. The van der Waals surface area contributed by atoms with Crippen LogP contribution in [-0.2, 0) is 5.60 Å². The average Bonchev–Trinajstić information content (AvgIpc) is 3.32. The third-order valence-electron chi connectivity index (χ3n) is 6.74. The zero-order chi connectivity index (χ0) is 21.9. The van der Waals surface area contributed by atoms with Gasteiger partial charge in [-0.2, -0.15) is 0 Å². The lowest BCUT2D eigenvalue weighted by atomic mass is 9.74. The number of hydrogen-bond donors (Lipinski definition) is 1. The van der Waals surface area contributed by atoms with E-state index in [-0.39, 0.29) is 5.92 Å². The summed E-state index contributed by atoms with van der Waals surface area (Å²) in [6.45, 7) is 8.09. The highest BCUT2D eigenvalue weighted by atomic mass is 16.5. The molecule has 0 aromatic heterocycles. The highest BCUT2D eigenvalue weighted by Gasteiger charge is 2.40. The van der Waals surface area contributed by atoms with E-state index in [2.05, 4.69) is 54.3 Å². The van der Waals surface area contributed by atoms with E-state index in [4.69, 9.17) is 4.74 Å². The topological polar surface area (TPSA) is 32.7 Å². The first-order valence-corrected chi connectivity index (χ1v) is 12.4. The Balaban J connectivity index is 1.91. The molecule has 3 nitrogen and oxygen atoms in total. The summed E-state index contributed by atoms with van der Waals surface area (Å²) < 4.78 is 5.66. The lowest BCUT2D eigenvalue weighted by molar-refractivity contribution is -0.0133. The van der Waals surface area contributed by atoms with Crippen LogP contribution in [0, 0.1) is 0 Å². The second-order valence-corrected chi connectivity index (χ2v) is 9.02. The van der Waals surface area contributed by atoms with Crippen molar-refractivity contribution in [3.63, 3.8) is 0 Å². The number of benzene rings is 2. The third-order valence-corrected chi connectivity index (χ3v) is 6.74. The van der Waals surface area contributed by atoms with Gasteiger partial charge in [0.1, 0.15) is 5.75 Å². The van der Waals surface area contributed by atoms with Gasteiger partial charge in [0.2, 0.25) is 0 Å². The number of unbranched alkanes of at least 4 members (excludes halogenated alkanes) is 4. The molecule has 170 valence electrons. The fourth-order valence-corrected chi connectivity index (χ4v) is 4.97. The second-order valence-electron chi connectivity index (χ2n) is 9.02. The predicted molar refractivity (Wildman–Crippen MR) is 130 cm³/mol. The Bertz CT molecular complexity index is 739. The number of aliphatic hydroxyl groups is 1. The molecule has 2 atom stereocenters. The van der Waals surface area contributed by atoms with Crippen LogP contribution in [0.5, 0.6) is 5.75 Å². The fraction of sp³-hybridized carbons (Fsp3) is 0.571. The molecule has 0 saturated carbocycles. The lowest BCUT2D eigenvalue weighted by Crippen LogP contribution is -2.40. The van der Waals surface area contributed by atoms with Crippen molar-refractivity contribution in [1.29, 1.82) is 0 Å². The molecule has 1 heterocycles. The Morgan fingerprint density at radius 1 is 0.903 bits per heavy atom. The summed E-state index contributed by atoms with van der Waals surface area (Å²) in [5.74, 6) is 0.920. The highest BCUT2D eigenvalue weighted by molar-refractivity contribution is 5.35. The summed E-state index contributed by atoms with van der Waals surface area (Å²) in [5.41, 5.74) is 1.36. The van der Waals surface area contributed by atoms with E-state index in [0.29, 0.717) is 6.61 Å². The van der Waals surface area contributed by atoms with Gasteiger partial charge in [0, 0.05) is 12.5 Å². The highest BCUT2D eigenvalue weighted by Crippen LogP contribution is 2.42. The standard InChI is InChI=1S/C28H41NO2/c1-3-5-6-7-11-20-28(30,25-16-18-26(19-17-25)31-4-2)27(23-29-21-12-13-22-29)24-14-9-8-10-15-24/h8-10,14-19,27,30H,3-7,11-13,20-23H2,1-2H3/t27-,28+/m1/s1. The van der Waals surface area contributed by atoms with Crippen LogP contribution in [-0.4, -0.2) is 36.2 Å². The molecule has 0 radical (unpaired) electrons. The first-order chi connectivity index (χ1) is 15.2. The Kier molecular flexibility index (Phi) is 9.42. The molecule has 0 amide bonds. The maximum Gasteiger partial charge on any atom is 0.119 e. The molecule has 0 bridgehead atoms. The number of rotatable bonds is 13. The van der Waals surface area contributed by atoms with Crippen LogP contribution in [0.1, 0.15) is 82.3 Å². The van der Waals surface area contributed by atoms with Crippen molar-refractivity contribution in [2.45, 2.75) is 76.7 Å². The first-order valence-electron chi connectivity index (χ1n) is 12.4. The van der Waals surface area contributed by atoms with Crippen molar-refractivity contribution < 1.29 is 9.84 Å². The zero-order valence-corrected chi connectivity index (χ0v) is 19.6. The molecule has 2 aromatic carbocycles. The Morgan fingerprint density at radius 2 is 1.58 bits per heavy atom. The molecule has 1 N–H and O–H groups in total. The minimum absolute atomic E-state index is 0.0518. The Hall–Kier alpha value is -1.84. The maximum absolute atomic E-state index is 12.4. The van der Waals surface area contributed by atoms with Crippen LogP contribution >= 0.6 is 0 Å². The summed E-state index contributed by atoms with van der Waals surface area (Å²) in [4.78, 5) is 2.54. The SMILES string of the molecule is CCCCCCC[C@](O)(c1ccc(OCC)cc1)[C@H](CN1CCCC1)c1ccccc1. The molecule has 1 aliphatic rings. The lowest BCUT2D eigenvalue weighted by Gasteiger charge is -2.39. The number of ether oxygens (including phenoxy) is 1. The second kappa shape index (κ2) is 12.3. The quantitative estimate of drug-likeness (QED) is 0.373. The molecule has 0 unspecified atom stereocenters. The van der Waals surface area contributed by atoms with Crippen molar-refractivity contribution in [3.05, 3.63) is 65.7 Å². The van der Waals surface area contributed by atoms with Crippen molar-refractivity contribution >= 4 is 0 Å². The molecule has 3 rings (SSSR count). The van der Waals surface area contributed by atoms with Crippen LogP contribution < -0.4 is 4.74 Å². The van der Waals surface area contributed by atoms with Gasteiger partial charge in [0.25, 0.3) is 0 Å². The number of nitrogens with zero attached hydrogens (tertiary/aromatic N) is 1. The number of hydrogen-bond acceptors (Lipinski definition) is 3. The Morgan fingerprint density at radius 3 is 2.23 bits per heavy atom. The molecule has 0 spiro atoms. The van der Waals surface area contributed by atoms with E-state index < -0.39 is 5.60 Å². The van der Waals surface area contributed by atoms with Gasteiger partial charge in [-0.1, -0.05) is 81.5 Å². The zero-order valence-electron chi connectivity index (χ0n) is 19.6. The molecule has 0 aliphatic carbocycles. The van der Waals surface area contributed by atoms with Gasteiger partial charge in [-0.15, -0.1) is 0 Å². The maximum atomic E-state index is 12.4. The molecular weight excluding hydrogens is 382 g/mol. The van der Waals surface area contributed by atoms with Crippen LogP contribution in [0.3, 0.4) is 0 Å². The van der Waals surface area contributed by atoms with E-state index in [0.717, 1.165) is 43.8 Å². The minimum Gasteiger partial charge on any atom is -0.494 e. The van der Waals surface area contributed by atoms with E-state index in [1.165, 1.54) is 44.1 Å². The van der Waals surface area contributed by atoms with Crippen molar-refractivity contribution in [3.8, 4) is 5.75 Å². The third kappa shape index (κ3) is 6.57. The summed E-state index contributed by atoms with van der Waals surface area (Å²) in [7, 11) is 0. The van der Waals surface area contributed by atoms with Gasteiger partial charge >= 0.3 is 0 Å². The van der Waals surface area contributed by atoms with E-state index >= 15 is 0 Å². The average molecular weight is 424 g/mol. The molecular formula is C28H41NO2. The largest absolute Gasteiger partial charge is 0.494 e. The van der Waals surface area contributed by atoms with Crippen LogP contribution in [0.2, 0.25) is 0 Å². The fourth-order valence-electron chi connectivity index (χ4n) is 4.97. The van der Waals surface area contributed by atoms with Crippen molar-refractivity contribution in [2.24, 2.45) is 0 Å². The summed E-state index contributed by atoms with van der Waals surface area (Å²) in [5, 5.41) is 12.4. The summed E-state index contributed by atoms with van der Waals surface area (Å²) >= 11 is 0. The summed E-state index contributed by atoms with van der Waals surface area (Å²) in [6.07, 6.45) is 9.31. The molecule has 1 aliphatic heterocycles. The van der Waals surface area contributed by atoms with Crippen molar-refractivity contribution in [1.82, 2.24) is 4.90 Å². The summed E-state index contributed by atoms with van der Waals surface area (Å²) in [6, 6.07) is 18.8. The van der Waals surface area contributed by atoms with Crippen molar-refractivity contribution in [2.75, 3.05) is 26.2 Å². The van der Waals surface area contributed by atoms with Gasteiger partial charge in [-0.25, -0.2) is 0 Å². The van der Waals surface area contributed by atoms with Crippen LogP contribution in [0.4, 0.5) is 0 Å². The van der Waals surface area contributed by atoms with Gasteiger partial charge in [-0.3, -0.25) is 0 Å². The smallest absolute Gasteiger partial charge is 0.119 e. The van der Waals surface area contributed by atoms with Crippen LogP contribution in [0.15, 0.2) is 54.6 Å². The molecule has 1 saturated heterocycles. The monoisotopic (exact) mass is 423 g/mol. The Labute approximate surface area is 189 Å². The molecule has 1 fully saturated rings. The molecule has 3 heteroatoms. The van der Waals surface area contributed by atoms with Gasteiger partial charge < -0.3 is 14.7 Å². The van der Waals surface area contributed by atoms with Gasteiger partial charge in [-0.05, 0) is 62.5 Å². The van der Waals surface area contributed by atoms with E-state index in [1.54, 1.807) is 0 Å².